The van der Waals surface area contributed by atoms with Crippen LogP contribution in [-0.4, -0.2) is 19.7 Å². The zero-order valence-electron chi connectivity index (χ0n) is 10.1. The Morgan fingerprint density at radius 3 is 3.06 bits per heavy atom. The number of halogens is 1. The van der Waals surface area contributed by atoms with Gasteiger partial charge in [0, 0.05) is 17.1 Å². The van der Waals surface area contributed by atoms with E-state index in [2.05, 4.69) is 40.0 Å². The molecule has 2 nitrogen and oxygen atoms in total. The highest BCUT2D eigenvalue weighted by atomic mass is 79.9. The second kappa shape index (κ2) is 5.69. The topological polar surface area (TPSA) is 21.3 Å². The summed E-state index contributed by atoms with van der Waals surface area (Å²) in [7, 11) is 1.72. The van der Waals surface area contributed by atoms with Crippen molar-refractivity contribution in [2.24, 2.45) is 0 Å². The third-order valence-electron chi connectivity index (χ3n) is 3.22. The number of hydrogen-bond acceptors (Lipinski definition) is 2. The molecule has 0 heterocycles. The number of nitrogens with one attached hydrogen (secondary N) is 1. The molecule has 17 heavy (non-hydrogen) atoms. The average Bonchev–Trinajstić information content (AvgIpc) is 2.35. The van der Waals surface area contributed by atoms with Crippen molar-refractivity contribution in [3.05, 3.63) is 40.4 Å². The molecule has 1 aromatic carbocycles. The zero-order chi connectivity index (χ0) is 12.3. The lowest BCUT2D eigenvalue weighted by Crippen LogP contribution is -2.35. The minimum atomic E-state index is 0.545. The van der Waals surface area contributed by atoms with Gasteiger partial charge in [-0.3, -0.25) is 0 Å². The van der Waals surface area contributed by atoms with Crippen molar-refractivity contribution in [2.45, 2.75) is 25.3 Å². The lowest BCUT2D eigenvalue weighted by molar-refractivity contribution is 0.411. The number of rotatable bonds is 4. The Morgan fingerprint density at radius 1 is 1.53 bits per heavy atom. The first-order valence-electron chi connectivity index (χ1n) is 5.91. The van der Waals surface area contributed by atoms with Gasteiger partial charge < -0.3 is 10.1 Å². The van der Waals surface area contributed by atoms with Crippen LogP contribution in [0.5, 0.6) is 5.75 Å². The van der Waals surface area contributed by atoms with Crippen molar-refractivity contribution in [1.82, 2.24) is 5.32 Å². The summed E-state index contributed by atoms with van der Waals surface area (Å²) in [5, 5.41) is 3.51. The van der Waals surface area contributed by atoms with Gasteiger partial charge in [-0.25, -0.2) is 0 Å². The van der Waals surface area contributed by atoms with E-state index in [4.69, 9.17) is 4.74 Å². The molecule has 1 aromatic rings. The van der Waals surface area contributed by atoms with Gasteiger partial charge in [-0.05, 0) is 42.5 Å². The summed E-state index contributed by atoms with van der Waals surface area (Å²) < 4.78 is 6.28. The largest absolute Gasteiger partial charge is 0.497 e. The van der Waals surface area contributed by atoms with Gasteiger partial charge in [0.25, 0.3) is 0 Å². The van der Waals surface area contributed by atoms with Crippen molar-refractivity contribution in [3.8, 4) is 5.75 Å². The third-order valence-corrected chi connectivity index (χ3v) is 3.50. The maximum atomic E-state index is 5.27. The molecule has 1 atom stereocenters. The molecule has 0 bridgehead atoms. The molecule has 1 unspecified atom stereocenters. The number of aryl methyl sites for hydroxylation is 1. The summed E-state index contributed by atoms with van der Waals surface area (Å²) in [5.41, 5.74) is 2.87. The van der Waals surface area contributed by atoms with Crippen LogP contribution in [0.1, 0.15) is 17.5 Å². The first-order valence-corrected chi connectivity index (χ1v) is 6.71. The quantitative estimate of drug-likeness (QED) is 0.922. The van der Waals surface area contributed by atoms with Gasteiger partial charge in [-0.1, -0.05) is 28.6 Å². The van der Waals surface area contributed by atoms with Crippen LogP contribution in [0.15, 0.2) is 29.3 Å². The highest BCUT2D eigenvalue weighted by Crippen LogP contribution is 2.25. The maximum Gasteiger partial charge on any atom is 0.119 e. The Balaban J connectivity index is 2.03. The highest BCUT2D eigenvalue weighted by Gasteiger charge is 2.18. The predicted octanol–water partition coefficient (Wildman–Crippen LogP) is 3.05. The van der Waals surface area contributed by atoms with Gasteiger partial charge >= 0.3 is 0 Å². The van der Waals surface area contributed by atoms with Gasteiger partial charge in [0.15, 0.2) is 0 Å². The van der Waals surface area contributed by atoms with E-state index in [0.717, 1.165) is 29.6 Å². The molecule has 1 N–H and O–H groups in total. The smallest absolute Gasteiger partial charge is 0.119 e. The second-order valence-corrected chi connectivity index (χ2v) is 5.59. The monoisotopic (exact) mass is 295 g/mol. The Morgan fingerprint density at radius 2 is 2.35 bits per heavy atom. The summed E-state index contributed by atoms with van der Waals surface area (Å²) in [5.74, 6) is 0.953. The molecule has 0 amide bonds. The van der Waals surface area contributed by atoms with E-state index >= 15 is 0 Å². The van der Waals surface area contributed by atoms with Crippen LogP contribution < -0.4 is 10.1 Å². The van der Waals surface area contributed by atoms with Crippen molar-refractivity contribution in [1.29, 1.82) is 0 Å². The summed E-state index contributed by atoms with van der Waals surface area (Å²) >= 11 is 3.38. The van der Waals surface area contributed by atoms with Gasteiger partial charge in [-0.2, -0.15) is 0 Å². The molecule has 0 radical (unpaired) electrons. The van der Waals surface area contributed by atoms with E-state index in [9.17, 15) is 0 Å². The molecule has 0 fully saturated rings. The van der Waals surface area contributed by atoms with Crippen LogP contribution in [0.3, 0.4) is 0 Å². The molecule has 1 aliphatic carbocycles. The Hall–Kier alpha value is -0.800. The summed E-state index contributed by atoms with van der Waals surface area (Å²) in [6.07, 6.45) is 3.41. The number of benzene rings is 1. The molecule has 0 saturated carbocycles. The van der Waals surface area contributed by atoms with Gasteiger partial charge in [0.2, 0.25) is 0 Å². The maximum absolute atomic E-state index is 5.27. The van der Waals surface area contributed by atoms with Gasteiger partial charge in [0.1, 0.15) is 5.75 Å². The molecule has 0 aliphatic heterocycles. The van der Waals surface area contributed by atoms with E-state index in [0.29, 0.717) is 6.04 Å². The normalized spacial score (nSPS) is 18.6. The molecule has 92 valence electrons. The first-order chi connectivity index (χ1) is 8.19. The van der Waals surface area contributed by atoms with E-state index in [1.807, 2.05) is 6.07 Å². The van der Waals surface area contributed by atoms with Crippen LogP contribution in [0.25, 0.3) is 0 Å². The number of hydrogen-bond donors (Lipinski definition) is 1. The molecular weight excluding hydrogens is 278 g/mol. The molecular formula is C14H18BrNO. The second-order valence-electron chi connectivity index (χ2n) is 4.47. The van der Waals surface area contributed by atoms with Gasteiger partial charge in [0.05, 0.1) is 7.11 Å². The summed E-state index contributed by atoms with van der Waals surface area (Å²) in [6.45, 7) is 4.68. The van der Waals surface area contributed by atoms with E-state index in [1.54, 1.807) is 7.11 Å². The van der Waals surface area contributed by atoms with Crippen LogP contribution in [0.4, 0.5) is 0 Å². The minimum absolute atomic E-state index is 0.545. The Labute approximate surface area is 111 Å². The Bertz CT molecular complexity index is 417. The molecule has 3 heteroatoms. The van der Waals surface area contributed by atoms with Crippen LogP contribution in [0.2, 0.25) is 0 Å². The Kier molecular flexibility index (Phi) is 4.24. The standard InChI is InChI=1S/C14H18BrNO/c1-10(15)9-16-13-5-3-11-4-6-14(17-2)8-12(11)7-13/h4,6,8,13,16H,1,3,5,7,9H2,2H3. The SMILES string of the molecule is C=C(Br)CNC1CCc2ccc(OC)cc2C1. The molecule has 0 aromatic heterocycles. The fraction of sp³-hybridized carbons (Fsp3) is 0.429. The summed E-state index contributed by atoms with van der Waals surface area (Å²) in [4.78, 5) is 0. The molecule has 1 aliphatic rings. The van der Waals surface area contributed by atoms with Crippen molar-refractivity contribution < 1.29 is 4.74 Å². The van der Waals surface area contributed by atoms with Crippen LogP contribution >= 0.6 is 15.9 Å². The molecule has 0 saturated heterocycles. The first kappa shape index (κ1) is 12.7. The molecule has 2 rings (SSSR count). The van der Waals surface area contributed by atoms with Crippen molar-refractivity contribution >= 4 is 15.9 Å². The summed E-state index contributed by atoms with van der Waals surface area (Å²) in [6, 6.07) is 6.94. The number of methoxy groups -OCH3 is 1. The highest BCUT2D eigenvalue weighted by molar-refractivity contribution is 9.11. The fourth-order valence-corrected chi connectivity index (χ4v) is 2.45. The van der Waals surface area contributed by atoms with Crippen molar-refractivity contribution in [3.63, 3.8) is 0 Å². The lowest BCUT2D eigenvalue weighted by atomic mass is 9.88. The minimum Gasteiger partial charge on any atom is -0.497 e. The van der Waals surface area contributed by atoms with E-state index in [1.165, 1.54) is 17.5 Å². The lowest BCUT2D eigenvalue weighted by Gasteiger charge is -2.26. The van der Waals surface area contributed by atoms with Crippen LogP contribution in [0, 0.1) is 0 Å². The van der Waals surface area contributed by atoms with E-state index in [-0.39, 0.29) is 0 Å². The molecule has 0 spiro atoms. The number of fused-ring (bicyclic) bond motifs is 1. The zero-order valence-corrected chi connectivity index (χ0v) is 11.7. The van der Waals surface area contributed by atoms with Gasteiger partial charge in [-0.15, -0.1) is 0 Å². The predicted molar refractivity (Wildman–Crippen MR) is 74.9 cm³/mol. The number of ether oxygens (including phenoxy) is 1. The van der Waals surface area contributed by atoms with Crippen molar-refractivity contribution in [2.75, 3.05) is 13.7 Å². The van der Waals surface area contributed by atoms with Crippen LogP contribution in [-0.2, 0) is 12.8 Å². The fourth-order valence-electron chi connectivity index (χ4n) is 2.29. The average molecular weight is 296 g/mol. The van der Waals surface area contributed by atoms with E-state index < -0.39 is 0 Å². The third kappa shape index (κ3) is 3.33.